The molecule has 1 fully saturated rings. The van der Waals surface area contributed by atoms with E-state index in [0.29, 0.717) is 46.7 Å². The van der Waals surface area contributed by atoms with Crippen LogP contribution >= 0.6 is 11.6 Å². The molecule has 2 N–H and O–H groups in total. The van der Waals surface area contributed by atoms with Gasteiger partial charge in [0.05, 0.1) is 23.1 Å². The molecule has 186 valence electrons. The van der Waals surface area contributed by atoms with Crippen LogP contribution in [0.1, 0.15) is 32.3 Å². The minimum absolute atomic E-state index is 0.168. The molecule has 0 radical (unpaired) electrons. The Kier molecular flexibility index (Phi) is 7.41. The number of piperidine rings is 1. The summed E-state index contributed by atoms with van der Waals surface area (Å²) in [6.45, 7) is 3.29. The van der Waals surface area contributed by atoms with E-state index in [4.69, 9.17) is 21.1 Å². The van der Waals surface area contributed by atoms with Crippen molar-refractivity contribution in [2.75, 3.05) is 18.4 Å². The van der Waals surface area contributed by atoms with Crippen LogP contribution in [0.2, 0.25) is 5.02 Å². The number of benzene rings is 2. The number of aromatic nitrogens is 2. The van der Waals surface area contributed by atoms with Gasteiger partial charge in [-0.2, -0.15) is 10.4 Å². The van der Waals surface area contributed by atoms with Crippen molar-refractivity contribution in [3.8, 4) is 17.2 Å². The van der Waals surface area contributed by atoms with E-state index in [-0.39, 0.29) is 12.5 Å². The molecule has 2 heterocycles. The van der Waals surface area contributed by atoms with Crippen molar-refractivity contribution in [1.82, 2.24) is 15.1 Å². The van der Waals surface area contributed by atoms with Gasteiger partial charge in [-0.3, -0.25) is 14.7 Å². The fourth-order valence-corrected chi connectivity index (χ4v) is 4.37. The molecule has 4 rings (SSSR count). The molecule has 11 heteroatoms. The van der Waals surface area contributed by atoms with Gasteiger partial charge in [0.1, 0.15) is 0 Å². The Hall–Kier alpha value is -4.10. The Balaban J connectivity index is 1.48. The third-order valence-corrected chi connectivity index (χ3v) is 6.19. The van der Waals surface area contributed by atoms with Gasteiger partial charge in [-0.15, -0.1) is 0 Å². The Morgan fingerprint density at radius 1 is 1.25 bits per heavy atom. The maximum Gasteiger partial charge on any atom is 0.412 e. The van der Waals surface area contributed by atoms with Crippen molar-refractivity contribution in [2.24, 2.45) is 5.92 Å². The van der Waals surface area contributed by atoms with Crippen LogP contribution in [0, 0.1) is 17.2 Å². The van der Waals surface area contributed by atoms with Crippen molar-refractivity contribution < 1.29 is 23.9 Å². The number of nitriles is 1. The summed E-state index contributed by atoms with van der Waals surface area (Å²) in [6, 6.07) is 12.7. The maximum atomic E-state index is 13.1. The van der Waals surface area contributed by atoms with Crippen LogP contribution in [0.5, 0.6) is 0 Å². The number of nitrogens with one attached hydrogen (secondary N) is 2. The molecule has 0 aliphatic carbocycles. The first-order chi connectivity index (χ1) is 17.2. The number of carbonyl (C=O) groups is 3. The highest BCUT2D eigenvalue weighted by atomic mass is 35.5. The van der Waals surface area contributed by atoms with Gasteiger partial charge in [0.25, 0.3) is 0 Å². The summed E-state index contributed by atoms with van der Waals surface area (Å²) in [7, 11) is 0. The molecule has 1 saturated heterocycles. The Morgan fingerprint density at radius 2 is 2.06 bits per heavy atom. The number of hydrogen-bond donors (Lipinski definition) is 2. The molecule has 2 aromatic carbocycles. The van der Waals surface area contributed by atoms with E-state index in [1.54, 1.807) is 18.2 Å². The zero-order chi connectivity index (χ0) is 25.8. The molecule has 3 aromatic rings. The van der Waals surface area contributed by atoms with E-state index in [2.05, 4.69) is 21.6 Å². The summed E-state index contributed by atoms with van der Waals surface area (Å²) in [4.78, 5) is 38.0. The second kappa shape index (κ2) is 10.7. The van der Waals surface area contributed by atoms with Crippen LogP contribution < -0.4 is 5.32 Å². The number of amides is 2. The number of halogens is 1. The van der Waals surface area contributed by atoms with Gasteiger partial charge in [0.2, 0.25) is 12.2 Å². The van der Waals surface area contributed by atoms with Gasteiger partial charge in [-0.25, -0.2) is 4.79 Å². The lowest BCUT2D eigenvalue weighted by Gasteiger charge is -2.31. The van der Waals surface area contributed by atoms with E-state index in [1.165, 1.54) is 18.7 Å². The number of fused-ring (bicyclic) bond motifs is 1. The van der Waals surface area contributed by atoms with Crippen LogP contribution in [0.3, 0.4) is 0 Å². The van der Waals surface area contributed by atoms with Crippen LogP contribution in [-0.4, -0.2) is 52.4 Å². The predicted molar refractivity (Wildman–Crippen MR) is 132 cm³/mol. The first-order valence-electron chi connectivity index (χ1n) is 11.4. The Labute approximate surface area is 212 Å². The SMILES string of the molecule is CC(=O)OC(C)OC(=O)N1CCC[C@@H](C(=O)Nc2n[nH]c3ccc(-c4cc(C#N)ccc4Cl)cc23)C1. The summed E-state index contributed by atoms with van der Waals surface area (Å²) >= 11 is 6.36. The second-order valence-electron chi connectivity index (χ2n) is 8.47. The highest BCUT2D eigenvalue weighted by Gasteiger charge is 2.31. The van der Waals surface area contributed by atoms with E-state index >= 15 is 0 Å². The van der Waals surface area contributed by atoms with Gasteiger partial charge < -0.3 is 19.7 Å². The number of anilines is 1. The second-order valence-corrected chi connectivity index (χ2v) is 8.88. The molecule has 1 aromatic heterocycles. The first kappa shape index (κ1) is 25.0. The molecule has 2 atom stereocenters. The highest BCUT2D eigenvalue weighted by molar-refractivity contribution is 6.33. The van der Waals surface area contributed by atoms with Crippen molar-refractivity contribution in [2.45, 2.75) is 33.0 Å². The predicted octanol–water partition coefficient (Wildman–Crippen LogP) is 4.45. The summed E-state index contributed by atoms with van der Waals surface area (Å²) in [5.41, 5.74) is 2.67. The number of aromatic amines is 1. The smallest absolute Gasteiger partial charge is 0.412 e. The van der Waals surface area contributed by atoms with E-state index in [1.807, 2.05) is 18.2 Å². The lowest BCUT2D eigenvalue weighted by Crippen LogP contribution is -2.45. The zero-order valence-corrected chi connectivity index (χ0v) is 20.5. The van der Waals surface area contributed by atoms with Gasteiger partial charge in [0.15, 0.2) is 5.82 Å². The van der Waals surface area contributed by atoms with Crippen LogP contribution in [0.4, 0.5) is 10.6 Å². The summed E-state index contributed by atoms with van der Waals surface area (Å²) in [5, 5.41) is 20.4. The van der Waals surface area contributed by atoms with Crippen molar-refractivity contribution in [3.63, 3.8) is 0 Å². The lowest BCUT2D eigenvalue weighted by molar-refractivity contribution is -0.163. The van der Waals surface area contributed by atoms with Crippen LogP contribution in [-0.2, 0) is 19.1 Å². The maximum absolute atomic E-state index is 13.1. The number of nitrogens with zero attached hydrogens (tertiary/aromatic N) is 3. The standard InChI is InChI=1S/C25H24ClN5O5/c1-14(32)35-15(2)36-25(34)31-9-3-4-18(13-31)24(33)28-23-20-11-17(6-8-22(20)29-30-23)19-10-16(12-27)5-7-21(19)26/h5-8,10-11,15,18H,3-4,9,13H2,1-2H3,(H2,28,29,30,33)/t15?,18-/m1/s1. The molecule has 0 saturated carbocycles. The number of ether oxygens (including phenoxy) is 2. The van der Waals surface area contributed by atoms with Gasteiger partial charge in [0, 0.05) is 42.9 Å². The molecule has 1 unspecified atom stereocenters. The van der Waals surface area contributed by atoms with Crippen molar-refractivity contribution in [1.29, 1.82) is 5.26 Å². The minimum atomic E-state index is -1.02. The quantitative estimate of drug-likeness (QED) is 0.382. The normalized spacial score (nSPS) is 16.2. The van der Waals surface area contributed by atoms with E-state index in [9.17, 15) is 19.6 Å². The molecular formula is C25H24ClN5O5. The molecule has 1 aliphatic heterocycles. The molecule has 2 amide bonds. The van der Waals surface area contributed by atoms with Crippen molar-refractivity contribution >= 4 is 46.3 Å². The third kappa shape index (κ3) is 5.58. The molecular weight excluding hydrogens is 486 g/mol. The average molecular weight is 510 g/mol. The van der Waals surface area contributed by atoms with Crippen LogP contribution in [0.25, 0.3) is 22.0 Å². The largest absolute Gasteiger partial charge is 0.426 e. The van der Waals surface area contributed by atoms with Crippen molar-refractivity contribution in [3.05, 3.63) is 47.0 Å². The summed E-state index contributed by atoms with van der Waals surface area (Å²) in [5.74, 6) is -0.941. The molecule has 1 aliphatic rings. The molecule has 36 heavy (non-hydrogen) atoms. The van der Waals surface area contributed by atoms with Crippen LogP contribution in [0.15, 0.2) is 36.4 Å². The minimum Gasteiger partial charge on any atom is -0.426 e. The van der Waals surface area contributed by atoms with Gasteiger partial charge in [-0.05, 0) is 48.7 Å². The first-order valence-corrected chi connectivity index (χ1v) is 11.7. The van der Waals surface area contributed by atoms with E-state index < -0.39 is 24.3 Å². The molecule has 0 spiro atoms. The van der Waals surface area contributed by atoms with Gasteiger partial charge >= 0.3 is 12.1 Å². The number of esters is 1. The fourth-order valence-electron chi connectivity index (χ4n) is 4.14. The zero-order valence-electron chi connectivity index (χ0n) is 19.7. The number of likely N-dealkylation sites (tertiary alicyclic amines) is 1. The van der Waals surface area contributed by atoms with E-state index in [0.717, 1.165) is 11.1 Å². The Bertz CT molecular complexity index is 1360. The Morgan fingerprint density at radius 3 is 2.81 bits per heavy atom. The lowest BCUT2D eigenvalue weighted by atomic mass is 9.97. The topological polar surface area (TPSA) is 137 Å². The molecule has 10 nitrogen and oxygen atoms in total. The summed E-state index contributed by atoms with van der Waals surface area (Å²) in [6.07, 6.45) is -0.447. The number of hydrogen-bond acceptors (Lipinski definition) is 7. The summed E-state index contributed by atoms with van der Waals surface area (Å²) < 4.78 is 9.97. The fraction of sp³-hybridized carbons (Fsp3) is 0.320. The monoisotopic (exact) mass is 509 g/mol. The average Bonchev–Trinajstić information content (AvgIpc) is 3.25. The molecule has 0 bridgehead atoms. The third-order valence-electron chi connectivity index (χ3n) is 5.86. The van der Waals surface area contributed by atoms with Gasteiger partial charge in [-0.1, -0.05) is 17.7 Å². The number of H-pyrrole nitrogens is 1. The number of carbonyl (C=O) groups excluding carboxylic acids is 3. The highest BCUT2D eigenvalue weighted by Crippen LogP contribution is 2.33. The number of rotatable bonds is 5.